The van der Waals surface area contributed by atoms with Gasteiger partial charge in [-0.2, -0.15) is 0 Å². The Hall–Kier alpha value is -3.10. The van der Waals surface area contributed by atoms with Crippen LogP contribution in [0.25, 0.3) is 0 Å². The molecule has 0 spiro atoms. The summed E-state index contributed by atoms with van der Waals surface area (Å²) in [5, 5.41) is 2.36. The first kappa shape index (κ1) is 22.1. The molecule has 0 bridgehead atoms. The highest BCUT2D eigenvalue weighted by Crippen LogP contribution is 2.34. The maximum atomic E-state index is 12.8. The third kappa shape index (κ3) is 4.87. The highest BCUT2D eigenvalue weighted by Gasteiger charge is 2.40. The van der Waals surface area contributed by atoms with Gasteiger partial charge < -0.3 is 10.1 Å². The summed E-state index contributed by atoms with van der Waals surface area (Å²) >= 11 is 4.70. The van der Waals surface area contributed by atoms with Gasteiger partial charge in [0.1, 0.15) is 5.75 Å². The van der Waals surface area contributed by atoms with E-state index >= 15 is 0 Å². The summed E-state index contributed by atoms with van der Waals surface area (Å²) in [6, 6.07) is 21.2. The van der Waals surface area contributed by atoms with E-state index in [0.717, 1.165) is 9.37 Å². The van der Waals surface area contributed by atoms with Crippen molar-refractivity contribution in [2.24, 2.45) is 0 Å². The minimum absolute atomic E-state index is 0.147. The van der Waals surface area contributed by atoms with Crippen molar-refractivity contribution in [3.8, 4) is 5.75 Å². The number of carbonyl (C=O) groups is 3. The van der Waals surface area contributed by atoms with Gasteiger partial charge in [0, 0.05) is 27.0 Å². The highest BCUT2D eigenvalue weighted by atomic mass is 79.9. The first-order valence-electron chi connectivity index (χ1n) is 9.79. The van der Waals surface area contributed by atoms with Gasteiger partial charge in [0.2, 0.25) is 11.8 Å². The Balaban J connectivity index is 1.40. The van der Waals surface area contributed by atoms with Crippen molar-refractivity contribution < 1.29 is 19.1 Å². The van der Waals surface area contributed by atoms with Gasteiger partial charge in [-0.05, 0) is 66.7 Å². The van der Waals surface area contributed by atoms with Crippen LogP contribution in [0.3, 0.4) is 0 Å². The lowest BCUT2D eigenvalue weighted by Crippen LogP contribution is -2.31. The van der Waals surface area contributed by atoms with Crippen molar-refractivity contribution in [3.63, 3.8) is 0 Å². The van der Waals surface area contributed by atoms with Crippen molar-refractivity contribution in [1.82, 2.24) is 0 Å². The number of carbonyl (C=O) groups excluding carboxylic acids is 3. The van der Waals surface area contributed by atoms with Crippen LogP contribution in [0.4, 0.5) is 11.4 Å². The zero-order valence-corrected chi connectivity index (χ0v) is 19.5. The molecule has 1 N–H and O–H groups in total. The van der Waals surface area contributed by atoms with E-state index in [0.29, 0.717) is 22.7 Å². The Kier molecular flexibility index (Phi) is 6.62. The monoisotopic (exact) mass is 510 g/mol. The number of rotatable bonds is 6. The van der Waals surface area contributed by atoms with Crippen LogP contribution in [-0.2, 0) is 9.59 Å². The second kappa shape index (κ2) is 9.58. The van der Waals surface area contributed by atoms with Gasteiger partial charge in [-0.1, -0.05) is 22.0 Å². The number of halogens is 1. The topological polar surface area (TPSA) is 75.7 Å². The molecule has 162 valence electrons. The molecule has 0 aliphatic carbocycles. The van der Waals surface area contributed by atoms with Crippen LogP contribution in [-0.4, -0.2) is 30.1 Å². The predicted octanol–water partition coefficient (Wildman–Crippen LogP) is 5.13. The summed E-state index contributed by atoms with van der Waals surface area (Å²) in [6.45, 7) is 0. The molecule has 8 heteroatoms. The SMILES string of the molecule is COc1cccc(C(=O)Nc2ccc(SC3CC(=O)N(c4ccc(Br)cc4)C3=O)cc2)c1. The van der Waals surface area contributed by atoms with E-state index in [1.54, 1.807) is 67.8 Å². The molecule has 0 aromatic heterocycles. The van der Waals surface area contributed by atoms with Gasteiger partial charge in [-0.3, -0.25) is 14.4 Å². The average Bonchev–Trinajstić information content (AvgIpc) is 3.08. The predicted molar refractivity (Wildman–Crippen MR) is 128 cm³/mol. The number of thioether (sulfide) groups is 1. The van der Waals surface area contributed by atoms with Gasteiger partial charge in [0.25, 0.3) is 5.91 Å². The van der Waals surface area contributed by atoms with Crippen molar-refractivity contribution >= 4 is 56.8 Å². The summed E-state index contributed by atoms with van der Waals surface area (Å²) in [4.78, 5) is 39.8. The highest BCUT2D eigenvalue weighted by molar-refractivity contribution is 9.10. The summed E-state index contributed by atoms with van der Waals surface area (Å²) in [7, 11) is 1.55. The first-order chi connectivity index (χ1) is 15.4. The zero-order valence-electron chi connectivity index (χ0n) is 17.1. The normalized spacial score (nSPS) is 15.7. The number of methoxy groups -OCH3 is 1. The van der Waals surface area contributed by atoms with Crippen LogP contribution in [0.2, 0.25) is 0 Å². The first-order valence-corrected chi connectivity index (χ1v) is 11.5. The average molecular weight is 511 g/mol. The molecular weight excluding hydrogens is 492 g/mol. The maximum absolute atomic E-state index is 12.8. The minimum atomic E-state index is -0.483. The van der Waals surface area contributed by atoms with Crippen LogP contribution < -0.4 is 15.0 Å². The Morgan fingerprint density at radius 2 is 1.78 bits per heavy atom. The van der Waals surface area contributed by atoms with E-state index < -0.39 is 5.25 Å². The molecule has 3 aromatic carbocycles. The number of imide groups is 1. The summed E-state index contributed by atoms with van der Waals surface area (Å²) in [5.41, 5.74) is 1.69. The Morgan fingerprint density at radius 1 is 1.06 bits per heavy atom. The lowest BCUT2D eigenvalue weighted by atomic mass is 10.2. The molecule has 1 unspecified atom stereocenters. The van der Waals surface area contributed by atoms with Gasteiger partial charge in [-0.25, -0.2) is 4.90 Å². The van der Waals surface area contributed by atoms with E-state index in [2.05, 4.69) is 21.2 Å². The molecule has 0 radical (unpaired) electrons. The molecule has 1 aliphatic rings. The summed E-state index contributed by atoms with van der Waals surface area (Å²) in [5.74, 6) is -0.0712. The molecule has 32 heavy (non-hydrogen) atoms. The number of ether oxygens (including phenoxy) is 1. The second-order valence-electron chi connectivity index (χ2n) is 7.06. The van der Waals surface area contributed by atoms with Crippen molar-refractivity contribution in [2.75, 3.05) is 17.3 Å². The van der Waals surface area contributed by atoms with Gasteiger partial charge in [0.05, 0.1) is 18.0 Å². The standard InChI is InChI=1S/C24H19BrN2O4S/c1-31-19-4-2-3-15(13-19)23(29)26-17-7-11-20(12-8-17)32-21-14-22(28)27(24(21)30)18-9-5-16(25)6-10-18/h2-13,21H,14H2,1H3,(H,26,29). The number of hydrogen-bond donors (Lipinski definition) is 1. The number of nitrogens with one attached hydrogen (secondary N) is 1. The Morgan fingerprint density at radius 3 is 2.47 bits per heavy atom. The van der Waals surface area contributed by atoms with Crippen LogP contribution in [0, 0.1) is 0 Å². The number of benzene rings is 3. The molecule has 3 amide bonds. The van der Waals surface area contributed by atoms with Crippen molar-refractivity contribution in [1.29, 1.82) is 0 Å². The second-order valence-corrected chi connectivity index (χ2v) is 9.26. The van der Waals surface area contributed by atoms with Crippen LogP contribution in [0.5, 0.6) is 5.75 Å². The molecule has 1 fully saturated rings. The fourth-order valence-electron chi connectivity index (χ4n) is 3.31. The molecule has 0 saturated carbocycles. The smallest absolute Gasteiger partial charge is 0.255 e. The molecule has 1 atom stereocenters. The third-order valence-electron chi connectivity index (χ3n) is 4.91. The molecule has 4 rings (SSSR count). The van der Waals surface area contributed by atoms with Crippen LogP contribution in [0.1, 0.15) is 16.8 Å². The zero-order chi connectivity index (χ0) is 22.7. The number of anilines is 2. The number of hydrogen-bond acceptors (Lipinski definition) is 5. The molecule has 1 saturated heterocycles. The Bertz CT molecular complexity index is 1170. The maximum Gasteiger partial charge on any atom is 0.255 e. The lowest BCUT2D eigenvalue weighted by Gasteiger charge is -2.15. The van der Waals surface area contributed by atoms with Gasteiger partial charge >= 0.3 is 0 Å². The molecule has 3 aromatic rings. The summed E-state index contributed by atoms with van der Waals surface area (Å²) in [6.07, 6.45) is 0.147. The number of nitrogens with zero attached hydrogens (tertiary/aromatic N) is 1. The lowest BCUT2D eigenvalue weighted by molar-refractivity contribution is -0.121. The molecular formula is C24H19BrN2O4S. The minimum Gasteiger partial charge on any atom is -0.497 e. The van der Waals surface area contributed by atoms with Gasteiger partial charge in [-0.15, -0.1) is 11.8 Å². The van der Waals surface area contributed by atoms with Gasteiger partial charge in [0.15, 0.2) is 0 Å². The van der Waals surface area contributed by atoms with E-state index in [1.807, 2.05) is 12.1 Å². The van der Waals surface area contributed by atoms with Crippen LogP contribution in [0.15, 0.2) is 82.2 Å². The fraction of sp³-hybridized carbons (Fsp3) is 0.125. The molecule has 1 heterocycles. The summed E-state index contributed by atoms with van der Waals surface area (Å²) < 4.78 is 6.03. The van der Waals surface area contributed by atoms with E-state index in [4.69, 9.17) is 4.74 Å². The quantitative estimate of drug-likeness (QED) is 0.465. The van der Waals surface area contributed by atoms with Crippen molar-refractivity contribution in [2.45, 2.75) is 16.6 Å². The van der Waals surface area contributed by atoms with Crippen molar-refractivity contribution in [3.05, 3.63) is 82.8 Å². The number of amides is 3. The van der Waals surface area contributed by atoms with E-state index in [1.165, 1.54) is 16.7 Å². The van der Waals surface area contributed by atoms with E-state index in [-0.39, 0.29) is 24.1 Å². The van der Waals surface area contributed by atoms with Crippen LogP contribution >= 0.6 is 27.7 Å². The molecule has 6 nitrogen and oxygen atoms in total. The van der Waals surface area contributed by atoms with E-state index in [9.17, 15) is 14.4 Å². The largest absolute Gasteiger partial charge is 0.497 e. The fourth-order valence-corrected chi connectivity index (χ4v) is 4.62. The Labute approximate surface area is 198 Å². The third-order valence-corrected chi connectivity index (χ3v) is 6.64. The molecule has 1 aliphatic heterocycles.